The SMILES string of the molecule is Cc1cc(Cl)cc(-c2ccnc3cc(CN4C(=O)C5CCC5C4=O)sc23)c1O[C@H]1CCCNC1. The van der Waals surface area contributed by atoms with Crippen LogP contribution in [0.1, 0.15) is 36.1 Å². The quantitative estimate of drug-likeness (QED) is 0.507. The van der Waals surface area contributed by atoms with Crippen molar-refractivity contribution < 1.29 is 14.3 Å². The van der Waals surface area contributed by atoms with E-state index < -0.39 is 0 Å². The lowest BCUT2D eigenvalue weighted by Crippen LogP contribution is -2.37. The zero-order chi connectivity index (χ0) is 23.4. The summed E-state index contributed by atoms with van der Waals surface area (Å²) in [4.78, 5) is 32.3. The third kappa shape index (κ3) is 3.70. The zero-order valence-corrected chi connectivity index (χ0v) is 20.5. The number of fused-ring (bicyclic) bond motifs is 2. The molecule has 0 spiro atoms. The molecule has 6 rings (SSSR count). The van der Waals surface area contributed by atoms with Crippen molar-refractivity contribution in [1.29, 1.82) is 0 Å². The van der Waals surface area contributed by atoms with E-state index in [0.717, 1.165) is 76.3 Å². The largest absolute Gasteiger partial charge is 0.488 e. The summed E-state index contributed by atoms with van der Waals surface area (Å²) >= 11 is 8.07. The average molecular weight is 496 g/mol. The Hall–Kier alpha value is -2.48. The van der Waals surface area contributed by atoms with Crippen molar-refractivity contribution in [3.63, 3.8) is 0 Å². The summed E-state index contributed by atoms with van der Waals surface area (Å²) in [6.07, 6.45) is 5.68. The molecule has 0 bridgehead atoms. The van der Waals surface area contributed by atoms with E-state index in [-0.39, 0.29) is 29.8 Å². The summed E-state index contributed by atoms with van der Waals surface area (Å²) in [5.41, 5.74) is 3.80. The van der Waals surface area contributed by atoms with Crippen LogP contribution >= 0.6 is 22.9 Å². The molecule has 2 aromatic heterocycles. The minimum Gasteiger partial charge on any atom is -0.488 e. The molecule has 176 valence electrons. The lowest BCUT2D eigenvalue weighted by molar-refractivity contribution is -0.140. The summed E-state index contributed by atoms with van der Waals surface area (Å²) in [7, 11) is 0. The first-order valence-corrected chi connectivity index (χ1v) is 13.1. The van der Waals surface area contributed by atoms with Crippen LogP contribution in [0, 0.1) is 18.8 Å². The van der Waals surface area contributed by atoms with Gasteiger partial charge in [0.1, 0.15) is 11.9 Å². The molecule has 1 aromatic carbocycles. The van der Waals surface area contributed by atoms with Gasteiger partial charge in [-0.3, -0.25) is 19.5 Å². The van der Waals surface area contributed by atoms with Crippen molar-refractivity contribution in [2.45, 2.75) is 45.3 Å². The van der Waals surface area contributed by atoms with Gasteiger partial charge >= 0.3 is 0 Å². The van der Waals surface area contributed by atoms with Gasteiger partial charge in [-0.25, -0.2) is 0 Å². The third-order valence-electron chi connectivity index (χ3n) is 7.28. The van der Waals surface area contributed by atoms with E-state index in [4.69, 9.17) is 16.3 Å². The molecule has 3 atom stereocenters. The monoisotopic (exact) mass is 495 g/mol. The highest BCUT2D eigenvalue weighted by molar-refractivity contribution is 7.19. The number of imide groups is 1. The Morgan fingerprint density at radius 3 is 2.65 bits per heavy atom. The summed E-state index contributed by atoms with van der Waals surface area (Å²) < 4.78 is 7.52. The molecular weight excluding hydrogens is 470 g/mol. The first-order chi connectivity index (χ1) is 16.5. The van der Waals surface area contributed by atoms with E-state index in [0.29, 0.717) is 11.6 Å². The molecule has 3 fully saturated rings. The highest BCUT2D eigenvalue weighted by atomic mass is 35.5. The van der Waals surface area contributed by atoms with Crippen LogP contribution in [0.4, 0.5) is 0 Å². The second-order valence-corrected chi connectivity index (χ2v) is 11.1. The maximum Gasteiger partial charge on any atom is 0.233 e. The first kappa shape index (κ1) is 22.0. The van der Waals surface area contributed by atoms with Crippen LogP contribution in [0.3, 0.4) is 0 Å². The fourth-order valence-electron chi connectivity index (χ4n) is 5.36. The second kappa shape index (κ2) is 8.63. The van der Waals surface area contributed by atoms with Crippen LogP contribution in [0.25, 0.3) is 21.3 Å². The van der Waals surface area contributed by atoms with Gasteiger partial charge in [-0.15, -0.1) is 11.3 Å². The summed E-state index contributed by atoms with van der Waals surface area (Å²) in [6.45, 7) is 4.20. The van der Waals surface area contributed by atoms with E-state index in [1.165, 1.54) is 4.90 Å². The minimum absolute atomic E-state index is 0.0193. The highest BCUT2D eigenvalue weighted by Gasteiger charge is 2.52. The Morgan fingerprint density at radius 1 is 1.15 bits per heavy atom. The number of amides is 2. The zero-order valence-electron chi connectivity index (χ0n) is 19.0. The number of nitrogens with one attached hydrogen (secondary N) is 1. The van der Waals surface area contributed by atoms with Crippen LogP contribution in [-0.2, 0) is 16.1 Å². The molecule has 1 N–H and O–H groups in total. The van der Waals surface area contributed by atoms with E-state index >= 15 is 0 Å². The number of hydrogen-bond donors (Lipinski definition) is 1. The standard InChI is InChI=1S/C26H26ClN3O3S/c1-14-9-15(27)10-21(23(14)33-16-3-2-7-28-12-16)18-6-8-29-22-11-17(34-24(18)22)13-30-25(31)19-4-5-20(19)26(30)32/h6,8-11,16,19-20,28H,2-5,7,12-13H2,1H3/t16-,19?,20?/m0/s1. The number of piperidine rings is 1. The second-order valence-electron chi connectivity index (χ2n) is 9.52. The topological polar surface area (TPSA) is 71.5 Å². The molecule has 34 heavy (non-hydrogen) atoms. The van der Waals surface area contributed by atoms with Crippen molar-refractivity contribution >= 4 is 45.0 Å². The van der Waals surface area contributed by atoms with Gasteiger partial charge in [-0.05, 0) is 69.0 Å². The van der Waals surface area contributed by atoms with E-state index in [9.17, 15) is 9.59 Å². The number of rotatable bonds is 5. The molecule has 2 aliphatic heterocycles. The van der Waals surface area contributed by atoms with Gasteiger partial charge in [-0.2, -0.15) is 0 Å². The number of carbonyl (C=O) groups is 2. The van der Waals surface area contributed by atoms with Gasteiger partial charge in [0, 0.05) is 33.8 Å². The number of aromatic nitrogens is 1. The molecule has 2 unspecified atom stereocenters. The van der Waals surface area contributed by atoms with E-state index in [1.54, 1.807) is 17.5 Å². The third-order valence-corrected chi connectivity index (χ3v) is 8.64. The van der Waals surface area contributed by atoms with Crippen LogP contribution in [0.5, 0.6) is 5.75 Å². The van der Waals surface area contributed by atoms with Gasteiger partial charge in [0.15, 0.2) is 0 Å². The molecule has 8 heteroatoms. The van der Waals surface area contributed by atoms with Crippen molar-refractivity contribution in [2.75, 3.05) is 13.1 Å². The molecule has 2 amide bonds. The number of hydrogen-bond acceptors (Lipinski definition) is 6. The predicted octanol–water partition coefficient (Wildman–Crippen LogP) is 4.95. The van der Waals surface area contributed by atoms with E-state index in [1.807, 2.05) is 31.2 Å². The molecular formula is C26H26ClN3O3S. The molecule has 6 nitrogen and oxygen atoms in total. The normalized spacial score (nSPS) is 24.4. The Bertz CT molecular complexity index is 1280. The number of likely N-dealkylation sites (tertiary alicyclic amines) is 1. The van der Waals surface area contributed by atoms with Gasteiger partial charge in [0.05, 0.1) is 28.6 Å². The van der Waals surface area contributed by atoms with E-state index in [2.05, 4.69) is 10.3 Å². The molecule has 1 aliphatic carbocycles. The van der Waals surface area contributed by atoms with Gasteiger partial charge in [0.25, 0.3) is 0 Å². The van der Waals surface area contributed by atoms with Crippen molar-refractivity contribution in [3.05, 3.63) is 45.9 Å². The Kier molecular flexibility index (Phi) is 5.59. The Labute approximate surface area is 207 Å². The van der Waals surface area contributed by atoms with Crippen molar-refractivity contribution in [1.82, 2.24) is 15.2 Å². The molecule has 4 heterocycles. The Morgan fingerprint density at radius 2 is 1.94 bits per heavy atom. The molecule has 1 saturated carbocycles. The van der Waals surface area contributed by atoms with Crippen LogP contribution in [-0.4, -0.2) is 40.9 Å². The molecule has 3 aliphatic rings. The van der Waals surface area contributed by atoms with Crippen molar-refractivity contribution in [3.8, 4) is 16.9 Å². The number of thiophene rings is 1. The Balaban J connectivity index is 1.37. The maximum absolute atomic E-state index is 12.7. The molecule has 0 radical (unpaired) electrons. The van der Waals surface area contributed by atoms with Gasteiger partial charge < -0.3 is 10.1 Å². The fourth-order valence-corrected chi connectivity index (χ4v) is 6.77. The fraction of sp³-hybridized carbons (Fsp3) is 0.423. The lowest BCUT2D eigenvalue weighted by atomic mass is 9.76. The van der Waals surface area contributed by atoms with Crippen LogP contribution < -0.4 is 10.1 Å². The van der Waals surface area contributed by atoms with Gasteiger partial charge in [0.2, 0.25) is 11.8 Å². The number of aryl methyl sites for hydroxylation is 1. The van der Waals surface area contributed by atoms with Crippen LogP contribution in [0.15, 0.2) is 30.5 Å². The van der Waals surface area contributed by atoms with Gasteiger partial charge in [-0.1, -0.05) is 11.6 Å². The summed E-state index contributed by atoms with van der Waals surface area (Å²) in [5.74, 6) is 0.614. The van der Waals surface area contributed by atoms with Crippen LogP contribution in [0.2, 0.25) is 5.02 Å². The number of nitrogens with zero attached hydrogens (tertiary/aromatic N) is 2. The number of benzene rings is 1. The lowest BCUT2D eigenvalue weighted by Gasteiger charge is -2.26. The smallest absolute Gasteiger partial charge is 0.233 e. The average Bonchev–Trinajstić information content (AvgIpc) is 3.27. The maximum atomic E-state index is 12.7. The van der Waals surface area contributed by atoms with Crippen molar-refractivity contribution in [2.24, 2.45) is 11.8 Å². The minimum atomic E-state index is -0.0982. The number of ether oxygens (including phenoxy) is 1. The predicted molar refractivity (Wildman–Crippen MR) is 133 cm³/mol. The number of halogens is 1. The summed E-state index contributed by atoms with van der Waals surface area (Å²) in [6, 6.07) is 7.88. The molecule has 3 aromatic rings. The first-order valence-electron chi connectivity index (χ1n) is 11.9. The highest BCUT2D eigenvalue weighted by Crippen LogP contribution is 2.45. The molecule has 2 saturated heterocycles. The number of pyridine rings is 1. The number of carbonyl (C=O) groups excluding carboxylic acids is 2. The summed E-state index contributed by atoms with van der Waals surface area (Å²) in [5, 5.41) is 4.07.